The van der Waals surface area contributed by atoms with E-state index in [0.717, 1.165) is 12.4 Å². The number of hydrogen-bond acceptors (Lipinski definition) is 3. The van der Waals surface area contributed by atoms with Crippen LogP contribution in [0, 0.1) is 0 Å². The van der Waals surface area contributed by atoms with Gasteiger partial charge in [0.2, 0.25) is 0 Å². The highest BCUT2D eigenvalue weighted by Crippen LogP contribution is 2.02. The lowest BCUT2D eigenvalue weighted by Crippen LogP contribution is -2.30. The normalized spacial score (nSPS) is 10.9. The van der Waals surface area contributed by atoms with E-state index in [4.69, 9.17) is 5.11 Å². The Kier molecular flexibility index (Phi) is 4.30. The number of nitrogens with zero attached hydrogens (tertiary/aromatic N) is 3. The Balaban J connectivity index is 2.62. The van der Waals surface area contributed by atoms with Crippen molar-refractivity contribution in [2.24, 2.45) is 0 Å². The first kappa shape index (κ1) is 11.7. The zero-order valence-corrected chi connectivity index (χ0v) is 9.18. The lowest BCUT2D eigenvalue weighted by molar-refractivity contribution is -0.138. The third-order valence-corrected chi connectivity index (χ3v) is 2.31. The van der Waals surface area contributed by atoms with Crippen LogP contribution in [0.3, 0.4) is 0 Å². The molecule has 84 valence electrons. The third-order valence-electron chi connectivity index (χ3n) is 2.31. The van der Waals surface area contributed by atoms with Gasteiger partial charge in [-0.1, -0.05) is 6.92 Å². The molecule has 0 spiro atoms. The number of aryl methyl sites for hydroxylation is 1. The monoisotopic (exact) mass is 211 g/mol. The lowest BCUT2D eigenvalue weighted by Gasteiger charge is -2.17. The molecule has 0 unspecified atom stereocenters. The fraction of sp³-hybridized carbons (Fsp3) is 0.600. The third kappa shape index (κ3) is 3.36. The average molecular weight is 211 g/mol. The highest BCUT2D eigenvalue weighted by atomic mass is 16.4. The number of hydrogen-bond donors (Lipinski definition) is 1. The van der Waals surface area contributed by atoms with Crippen LogP contribution in [0.2, 0.25) is 0 Å². The van der Waals surface area contributed by atoms with E-state index in [1.54, 1.807) is 6.20 Å². The summed E-state index contributed by atoms with van der Waals surface area (Å²) in [5.74, 6) is 0.118. The van der Waals surface area contributed by atoms with Gasteiger partial charge in [0, 0.05) is 18.9 Å². The van der Waals surface area contributed by atoms with E-state index in [0.29, 0.717) is 13.1 Å². The quantitative estimate of drug-likeness (QED) is 0.756. The fourth-order valence-corrected chi connectivity index (χ4v) is 1.45. The lowest BCUT2D eigenvalue weighted by atomic mass is 10.4. The fourth-order valence-electron chi connectivity index (χ4n) is 1.45. The molecule has 0 aliphatic heterocycles. The van der Waals surface area contributed by atoms with Crippen LogP contribution in [0.4, 0.5) is 0 Å². The van der Waals surface area contributed by atoms with E-state index in [2.05, 4.69) is 4.98 Å². The van der Waals surface area contributed by atoms with Gasteiger partial charge in [0.05, 0.1) is 13.1 Å². The van der Waals surface area contributed by atoms with Crippen LogP contribution in [-0.4, -0.2) is 38.6 Å². The largest absolute Gasteiger partial charge is 0.480 e. The summed E-state index contributed by atoms with van der Waals surface area (Å²) in [6.45, 7) is 6.21. The number of rotatable bonds is 6. The van der Waals surface area contributed by atoms with Crippen molar-refractivity contribution in [3.8, 4) is 0 Å². The van der Waals surface area contributed by atoms with E-state index in [9.17, 15) is 4.79 Å². The van der Waals surface area contributed by atoms with Gasteiger partial charge in [-0.2, -0.15) is 0 Å². The molecule has 5 nitrogen and oxygen atoms in total. The maximum atomic E-state index is 10.6. The van der Waals surface area contributed by atoms with E-state index in [-0.39, 0.29) is 6.54 Å². The van der Waals surface area contributed by atoms with E-state index in [1.165, 1.54) is 0 Å². The Labute approximate surface area is 89.3 Å². The maximum Gasteiger partial charge on any atom is 0.317 e. The van der Waals surface area contributed by atoms with Crippen molar-refractivity contribution in [2.45, 2.75) is 26.9 Å². The summed E-state index contributed by atoms with van der Waals surface area (Å²) in [6, 6.07) is 0. The molecule has 0 saturated carbocycles. The summed E-state index contributed by atoms with van der Waals surface area (Å²) >= 11 is 0. The number of carbonyl (C=O) groups is 1. The predicted molar refractivity (Wildman–Crippen MR) is 56.5 cm³/mol. The molecule has 1 aromatic heterocycles. The smallest absolute Gasteiger partial charge is 0.317 e. The summed E-state index contributed by atoms with van der Waals surface area (Å²) in [6.07, 6.45) is 3.65. The van der Waals surface area contributed by atoms with E-state index < -0.39 is 5.97 Å². The van der Waals surface area contributed by atoms with E-state index in [1.807, 2.05) is 29.5 Å². The molecule has 0 fully saturated rings. The zero-order valence-electron chi connectivity index (χ0n) is 9.18. The highest BCUT2D eigenvalue weighted by Gasteiger charge is 2.10. The van der Waals surface area contributed by atoms with Crippen molar-refractivity contribution < 1.29 is 9.90 Å². The molecule has 0 saturated heterocycles. The molecule has 0 aromatic carbocycles. The van der Waals surface area contributed by atoms with Crippen LogP contribution in [0.15, 0.2) is 12.4 Å². The molecule has 5 heteroatoms. The molecule has 0 amide bonds. The second-order valence-electron chi connectivity index (χ2n) is 3.33. The molecule has 15 heavy (non-hydrogen) atoms. The van der Waals surface area contributed by atoms with Crippen molar-refractivity contribution in [1.82, 2.24) is 14.5 Å². The minimum atomic E-state index is -0.800. The van der Waals surface area contributed by atoms with Crippen molar-refractivity contribution in [3.05, 3.63) is 18.2 Å². The van der Waals surface area contributed by atoms with Crippen molar-refractivity contribution in [2.75, 3.05) is 13.1 Å². The standard InChI is InChI=1S/C10H17N3O2/c1-3-12(8-10(14)15)7-9-11-5-6-13(9)4-2/h5-6H,3-4,7-8H2,1-2H3,(H,14,15). The van der Waals surface area contributed by atoms with Gasteiger partial charge in [-0.3, -0.25) is 9.69 Å². The Morgan fingerprint density at radius 2 is 2.33 bits per heavy atom. The van der Waals surface area contributed by atoms with E-state index >= 15 is 0 Å². The zero-order chi connectivity index (χ0) is 11.3. The van der Waals surface area contributed by atoms with Gasteiger partial charge >= 0.3 is 5.97 Å². The molecule has 1 N–H and O–H groups in total. The minimum Gasteiger partial charge on any atom is -0.480 e. The Bertz CT molecular complexity index is 322. The van der Waals surface area contributed by atoms with Crippen LogP contribution in [0.5, 0.6) is 0 Å². The Morgan fingerprint density at radius 3 is 2.87 bits per heavy atom. The Hall–Kier alpha value is -1.36. The van der Waals surface area contributed by atoms with Gasteiger partial charge in [0.1, 0.15) is 5.82 Å². The number of carboxylic acids is 1. The highest BCUT2D eigenvalue weighted by molar-refractivity contribution is 5.69. The molecule has 0 bridgehead atoms. The molecule has 0 aliphatic rings. The summed E-state index contributed by atoms with van der Waals surface area (Å²) in [7, 11) is 0. The van der Waals surface area contributed by atoms with Gasteiger partial charge in [-0.15, -0.1) is 0 Å². The number of aliphatic carboxylic acids is 1. The van der Waals surface area contributed by atoms with Gasteiger partial charge in [-0.05, 0) is 13.5 Å². The van der Waals surface area contributed by atoms with Crippen LogP contribution >= 0.6 is 0 Å². The van der Waals surface area contributed by atoms with Crippen molar-refractivity contribution in [1.29, 1.82) is 0 Å². The predicted octanol–water partition coefficient (Wildman–Crippen LogP) is 0.809. The van der Waals surface area contributed by atoms with Gasteiger partial charge in [-0.25, -0.2) is 4.98 Å². The molecule has 1 aromatic rings. The summed E-state index contributed by atoms with van der Waals surface area (Å²) in [4.78, 5) is 16.6. The number of imidazole rings is 1. The topological polar surface area (TPSA) is 58.4 Å². The second-order valence-corrected chi connectivity index (χ2v) is 3.33. The molecule has 0 radical (unpaired) electrons. The number of likely N-dealkylation sites (N-methyl/N-ethyl adjacent to an activating group) is 1. The second kappa shape index (κ2) is 5.50. The molecular formula is C10H17N3O2. The van der Waals surface area contributed by atoms with Gasteiger partial charge < -0.3 is 9.67 Å². The summed E-state index contributed by atoms with van der Waals surface area (Å²) < 4.78 is 2.02. The van der Waals surface area contributed by atoms with Gasteiger partial charge in [0.15, 0.2) is 0 Å². The molecule has 0 aliphatic carbocycles. The SMILES string of the molecule is CCN(CC(=O)O)Cc1nccn1CC. The van der Waals surface area contributed by atoms with Crippen LogP contribution in [0.1, 0.15) is 19.7 Å². The first-order valence-electron chi connectivity index (χ1n) is 5.11. The first-order chi connectivity index (χ1) is 7.17. The first-order valence-corrected chi connectivity index (χ1v) is 5.11. The van der Waals surface area contributed by atoms with Crippen molar-refractivity contribution in [3.63, 3.8) is 0 Å². The summed E-state index contributed by atoms with van der Waals surface area (Å²) in [5, 5.41) is 8.70. The minimum absolute atomic E-state index is 0.0626. The summed E-state index contributed by atoms with van der Waals surface area (Å²) in [5.41, 5.74) is 0. The van der Waals surface area contributed by atoms with Crippen molar-refractivity contribution >= 4 is 5.97 Å². The molecular weight excluding hydrogens is 194 g/mol. The molecule has 0 atom stereocenters. The average Bonchev–Trinajstić information content (AvgIpc) is 2.63. The number of carboxylic acid groups (broad SMARTS) is 1. The van der Waals surface area contributed by atoms with Crippen LogP contribution < -0.4 is 0 Å². The van der Waals surface area contributed by atoms with Crippen LogP contribution in [0.25, 0.3) is 0 Å². The molecule has 1 rings (SSSR count). The van der Waals surface area contributed by atoms with Crippen LogP contribution in [-0.2, 0) is 17.9 Å². The Morgan fingerprint density at radius 1 is 1.60 bits per heavy atom. The van der Waals surface area contributed by atoms with Gasteiger partial charge in [0.25, 0.3) is 0 Å². The maximum absolute atomic E-state index is 10.6. The number of aromatic nitrogens is 2. The molecule has 1 heterocycles.